The molecule has 1 aromatic carbocycles. The van der Waals surface area contributed by atoms with Crippen molar-refractivity contribution in [1.29, 1.82) is 0 Å². The average molecular weight is 671 g/mol. The van der Waals surface area contributed by atoms with E-state index >= 15 is 0 Å². The lowest BCUT2D eigenvalue weighted by Crippen LogP contribution is -2.47. The Hall–Kier alpha value is -3.28. The number of allylic oxidation sites excluding steroid dienone is 6. The first-order chi connectivity index (χ1) is 23.1. The molecule has 10 nitrogen and oxygen atoms in total. The van der Waals surface area contributed by atoms with E-state index in [1.54, 1.807) is 6.08 Å². The third-order valence-corrected chi connectivity index (χ3v) is 8.08. The molecule has 0 radical (unpaired) electrons. The Balaban J connectivity index is 0.000000365. The first kappa shape index (κ1) is 40.9. The molecule has 2 aliphatic rings. The smallest absolute Gasteiger partial charge is 0.339 e. The molecular formula is C38H58N2O8. The number of hydrogen-bond acceptors (Lipinski definition) is 8. The van der Waals surface area contributed by atoms with E-state index in [0.29, 0.717) is 32.2 Å². The molecule has 2 fully saturated rings. The lowest BCUT2D eigenvalue weighted by Gasteiger charge is -2.34. The molecule has 1 aliphatic heterocycles. The van der Waals surface area contributed by atoms with E-state index in [1.165, 1.54) is 12.0 Å². The van der Waals surface area contributed by atoms with E-state index in [-0.39, 0.29) is 24.7 Å². The summed E-state index contributed by atoms with van der Waals surface area (Å²) in [6, 6.07) is 9.93. The van der Waals surface area contributed by atoms with Crippen molar-refractivity contribution in [3.05, 3.63) is 82.2 Å². The summed E-state index contributed by atoms with van der Waals surface area (Å²) in [7, 11) is 0. The number of aliphatic hydroxyl groups excluding tert-OH is 1. The van der Waals surface area contributed by atoms with Crippen LogP contribution in [0.25, 0.3) is 0 Å². The number of piperazine rings is 1. The van der Waals surface area contributed by atoms with Gasteiger partial charge >= 0.3 is 11.9 Å². The molecule has 10 heteroatoms. The van der Waals surface area contributed by atoms with E-state index < -0.39 is 11.9 Å². The van der Waals surface area contributed by atoms with Crippen LogP contribution in [0, 0.1) is 5.92 Å². The minimum absolute atomic E-state index is 0.172. The van der Waals surface area contributed by atoms with Crippen LogP contribution in [0.3, 0.4) is 0 Å². The van der Waals surface area contributed by atoms with Crippen molar-refractivity contribution in [3.8, 4) is 0 Å². The molecule has 1 aromatic rings. The van der Waals surface area contributed by atoms with Gasteiger partial charge in [0.15, 0.2) is 0 Å². The standard InChI is InChI=1S/C26H34O3.C12H24N2O5/c1-19(2)15-20(3)16-21(4)17-24(26(27)28)25(23-13-9-6-10-14-23)29-18-22-11-7-5-8-12-22;15-7-5-13-1-3-14(4-2-13)6-8-18-9-10-19-11-12(16)17/h5,7-8,11-12,15-17,23H,6,9-10,13-14,18H2,1-4H3,(H,27,28);15H,1-11H2,(H,16,17)/b20-16-,21-17+,25-24+;. The molecule has 3 rings (SSSR count). The van der Waals surface area contributed by atoms with Gasteiger partial charge in [-0.1, -0.05) is 72.9 Å². The molecule has 48 heavy (non-hydrogen) atoms. The van der Waals surface area contributed by atoms with Gasteiger partial charge in [0.1, 0.15) is 19.0 Å². The number of hydrogen-bond donors (Lipinski definition) is 3. The second-order valence-electron chi connectivity index (χ2n) is 12.7. The minimum Gasteiger partial charge on any atom is -0.492 e. The highest BCUT2D eigenvalue weighted by atomic mass is 16.5. The second-order valence-corrected chi connectivity index (χ2v) is 12.7. The largest absolute Gasteiger partial charge is 0.492 e. The number of carboxylic acid groups (broad SMARTS) is 2. The number of benzene rings is 1. The zero-order valence-corrected chi connectivity index (χ0v) is 29.5. The van der Waals surface area contributed by atoms with Crippen LogP contribution in [-0.4, -0.2) is 109 Å². The van der Waals surface area contributed by atoms with Crippen molar-refractivity contribution in [2.45, 2.75) is 66.4 Å². The Morgan fingerprint density at radius 2 is 1.40 bits per heavy atom. The zero-order chi connectivity index (χ0) is 35.1. The summed E-state index contributed by atoms with van der Waals surface area (Å²) in [4.78, 5) is 26.9. The van der Waals surface area contributed by atoms with Crippen LogP contribution < -0.4 is 0 Å². The van der Waals surface area contributed by atoms with E-state index in [0.717, 1.165) is 81.7 Å². The van der Waals surface area contributed by atoms with E-state index in [2.05, 4.69) is 29.7 Å². The highest BCUT2D eigenvalue weighted by Gasteiger charge is 2.25. The molecule has 0 spiro atoms. The van der Waals surface area contributed by atoms with Crippen LogP contribution in [0.4, 0.5) is 0 Å². The topological polar surface area (TPSA) is 129 Å². The van der Waals surface area contributed by atoms with Gasteiger partial charge in [0, 0.05) is 45.2 Å². The predicted octanol–water partition coefficient (Wildman–Crippen LogP) is 5.70. The SMILES string of the molecule is CC(C)=C\C(C)=C/C(C)=C/C(C(=O)O)=C(\OCc1ccccc1)C1CCCCC1.O=C(O)COCCOCCN1CCN(CCO)CC1. The summed E-state index contributed by atoms with van der Waals surface area (Å²) in [5.74, 6) is -1.08. The number of β-amino-alcohol motifs (C(OH)–C–C–N with tert-alkyl or cyclic N) is 1. The maximum atomic E-state index is 12.2. The number of aliphatic carboxylic acids is 2. The van der Waals surface area contributed by atoms with Crippen molar-refractivity contribution in [2.24, 2.45) is 5.92 Å². The fraction of sp³-hybridized carbons (Fsp3) is 0.579. The minimum atomic E-state index is -0.958. The first-order valence-corrected chi connectivity index (χ1v) is 17.2. The van der Waals surface area contributed by atoms with E-state index in [9.17, 15) is 14.7 Å². The van der Waals surface area contributed by atoms with Gasteiger partial charge in [-0.25, -0.2) is 9.59 Å². The lowest BCUT2D eigenvalue weighted by molar-refractivity contribution is -0.142. The lowest BCUT2D eigenvalue weighted by atomic mass is 9.86. The number of nitrogens with zero attached hydrogens (tertiary/aromatic N) is 2. The molecule has 0 amide bonds. The Bertz CT molecular complexity index is 1210. The number of carbonyl (C=O) groups is 2. The third kappa shape index (κ3) is 17.8. The Morgan fingerprint density at radius 1 is 0.792 bits per heavy atom. The summed E-state index contributed by atoms with van der Waals surface area (Å²) in [5.41, 5.74) is 4.56. The molecule has 1 saturated carbocycles. The molecule has 1 saturated heterocycles. The summed E-state index contributed by atoms with van der Waals surface area (Å²) in [5, 5.41) is 27.2. The number of rotatable bonds is 18. The molecule has 0 atom stereocenters. The fourth-order valence-electron chi connectivity index (χ4n) is 5.83. The zero-order valence-electron chi connectivity index (χ0n) is 29.5. The van der Waals surface area contributed by atoms with Gasteiger partial charge in [-0.2, -0.15) is 0 Å². The van der Waals surface area contributed by atoms with Crippen LogP contribution in [0.2, 0.25) is 0 Å². The average Bonchev–Trinajstić information content (AvgIpc) is 3.05. The second kappa shape index (κ2) is 23.9. The fourth-order valence-corrected chi connectivity index (χ4v) is 5.83. The van der Waals surface area contributed by atoms with Crippen LogP contribution in [0.1, 0.15) is 65.4 Å². The predicted molar refractivity (Wildman–Crippen MR) is 189 cm³/mol. The molecule has 1 heterocycles. The van der Waals surface area contributed by atoms with Gasteiger partial charge in [-0.3, -0.25) is 9.80 Å². The summed E-state index contributed by atoms with van der Waals surface area (Å²) < 4.78 is 16.4. The molecule has 0 aromatic heterocycles. The normalized spacial score (nSPS) is 17.2. The van der Waals surface area contributed by atoms with E-state index in [4.69, 9.17) is 24.4 Å². The third-order valence-electron chi connectivity index (χ3n) is 8.08. The molecule has 0 unspecified atom stereocenters. The number of carboxylic acids is 2. The summed E-state index contributed by atoms with van der Waals surface area (Å²) in [6.45, 7) is 15.4. The van der Waals surface area contributed by atoms with Gasteiger partial charge in [-0.05, 0) is 57.7 Å². The highest BCUT2D eigenvalue weighted by Crippen LogP contribution is 2.33. The molecule has 1 aliphatic carbocycles. The van der Waals surface area contributed by atoms with Crippen LogP contribution in [0.5, 0.6) is 0 Å². The number of aliphatic hydroxyl groups is 1. The summed E-state index contributed by atoms with van der Waals surface area (Å²) >= 11 is 0. The Kier molecular flexibility index (Phi) is 20.4. The molecule has 268 valence electrons. The van der Waals surface area contributed by atoms with Crippen molar-refractivity contribution in [2.75, 3.05) is 72.3 Å². The van der Waals surface area contributed by atoms with Crippen LogP contribution >= 0.6 is 0 Å². The van der Waals surface area contributed by atoms with Crippen molar-refractivity contribution >= 4 is 11.9 Å². The van der Waals surface area contributed by atoms with Gasteiger partial charge in [0.25, 0.3) is 0 Å². The highest BCUT2D eigenvalue weighted by molar-refractivity contribution is 5.90. The maximum Gasteiger partial charge on any atom is 0.339 e. The van der Waals surface area contributed by atoms with Gasteiger partial charge in [0.05, 0.1) is 32.0 Å². The monoisotopic (exact) mass is 670 g/mol. The molecule has 3 N–H and O–H groups in total. The maximum absolute atomic E-state index is 12.2. The van der Waals surface area contributed by atoms with Crippen molar-refractivity contribution in [3.63, 3.8) is 0 Å². The van der Waals surface area contributed by atoms with Gasteiger partial charge in [0.2, 0.25) is 0 Å². The van der Waals surface area contributed by atoms with Gasteiger partial charge < -0.3 is 29.5 Å². The summed E-state index contributed by atoms with van der Waals surface area (Å²) in [6.07, 6.45) is 11.3. The Labute approximate surface area is 287 Å². The quantitative estimate of drug-likeness (QED) is 0.0775. The van der Waals surface area contributed by atoms with Crippen molar-refractivity contribution < 1.29 is 39.1 Å². The molecule has 0 bridgehead atoms. The molecular weight excluding hydrogens is 612 g/mol. The van der Waals surface area contributed by atoms with Crippen LogP contribution in [-0.2, 0) is 30.4 Å². The van der Waals surface area contributed by atoms with Gasteiger partial charge in [-0.15, -0.1) is 0 Å². The van der Waals surface area contributed by atoms with Crippen LogP contribution in [0.15, 0.2) is 76.6 Å². The van der Waals surface area contributed by atoms with E-state index in [1.807, 2.05) is 50.3 Å². The Morgan fingerprint density at radius 3 is 1.98 bits per heavy atom. The number of ether oxygens (including phenoxy) is 3. The first-order valence-electron chi connectivity index (χ1n) is 17.2. The van der Waals surface area contributed by atoms with Crippen molar-refractivity contribution in [1.82, 2.24) is 9.80 Å².